The number of carbonyl (C=O) groups is 1. The second-order valence-electron chi connectivity index (χ2n) is 9.11. The van der Waals surface area contributed by atoms with Gasteiger partial charge in [0.25, 0.3) is 5.92 Å². The molecule has 2 atom stereocenters. The number of nitrogens with zero attached hydrogens (tertiary/aromatic N) is 3. The number of rotatable bonds is 5. The molecule has 4 rings (SSSR count). The lowest BCUT2D eigenvalue weighted by atomic mass is 9.74. The maximum Gasteiger partial charge on any atom is 0.415 e. The first-order valence-corrected chi connectivity index (χ1v) is 12.3. The highest BCUT2D eigenvalue weighted by atomic mass is 19.3. The standard InChI is InChI=1S/C18H23F2NO3.C10H10N2/c1-3-13-11-17(9-10-18(13,19)20)12-21(16(22)24-17)14-7-5-6-8-15(14)23-4-2;1-3-12-10-5-4-9(7-11)6-8(10)2/h5-8,13H,3-4,9-12H2,1-2H3;3-6H,1-2H3. The summed E-state index contributed by atoms with van der Waals surface area (Å²) in [6.07, 6.45) is 1.79. The van der Waals surface area contributed by atoms with Crippen molar-refractivity contribution in [2.75, 3.05) is 18.1 Å². The maximum atomic E-state index is 14.0. The molecule has 1 aliphatic carbocycles. The first-order valence-electron chi connectivity index (χ1n) is 12.3. The fourth-order valence-corrected chi connectivity index (χ4v) is 4.75. The van der Waals surface area contributed by atoms with Crippen molar-refractivity contribution >= 4 is 23.7 Å². The molecule has 192 valence electrons. The number of ether oxygens (including phenoxy) is 2. The summed E-state index contributed by atoms with van der Waals surface area (Å²) in [5.41, 5.74) is 2.46. The van der Waals surface area contributed by atoms with Crippen molar-refractivity contribution in [2.24, 2.45) is 10.9 Å². The summed E-state index contributed by atoms with van der Waals surface area (Å²) in [5, 5.41) is 8.59. The molecule has 1 saturated heterocycles. The molecule has 1 amide bonds. The molecule has 2 aromatic rings. The number of aryl methyl sites for hydroxylation is 1. The van der Waals surface area contributed by atoms with E-state index in [2.05, 4.69) is 11.1 Å². The average Bonchev–Trinajstić information content (AvgIpc) is 3.19. The van der Waals surface area contributed by atoms with Gasteiger partial charge in [0.2, 0.25) is 0 Å². The summed E-state index contributed by atoms with van der Waals surface area (Å²) < 4.78 is 39.2. The van der Waals surface area contributed by atoms with E-state index >= 15 is 0 Å². The molecule has 0 aromatic heterocycles. The van der Waals surface area contributed by atoms with Gasteiger partial charge in [-0.2, -0.15) is 5.26 Å². The van der Waals surface area contributed by atoms with Gasteiger partial charge in [-0.05, 0) is 75.9 Å². The Morgan fingerprint density at radius 1 is 1.25 bits per heavy atom. The second-order valence-corrected chi connectivity index (χ2v) is 9.11. The predicted octanol–water partition coefficient (Wildman–Crippen LogP) is 7.22. The molecule has 8 heteroatoms. The van der Waals surface area contributed by atoms with Gasteiger partial charge in [-0.1, -0.05) is 19.1 Å². The van der Waals surface area contributed by atoms with Crippen molar-refractivity contribution in [3.05, 3.63) is 53.6 Å². The number of hydrogen-bond acceptors (Lipinski definition) is 5. The number of benzene rings is 2. The molecule has 1 saturated carbocycles. The topological polar surface area (TPSA) is 74.9 Å². The number of para-hydroxylation sites is 2. The van der Waals surface area contributed by atoms with Gasteiger partial charge in [-0.15, -0.1) is 0 Å². The van der Waals surface area contributed by atoms with Gasteiger partial charge in [-0.3, -0.25) is 9.89 Å². The molecule has 0 radical (unpaired) electrons. The Labute approximate surface area is 211 Å². The molecule has 2 fully saturated rings. The smallest absolute Gasteiger partial charge is 0.415 e. The van der Waals surface area contributed by atoms with E-state index in [-0.39, 0.29) is 19.3 Å². The Kier molecular flexibility index (Phi) is 8.67. The second kappa shape index (κ2) is 11.5. The van der Waals surface area contributed by atoms with Crippen LogP contribution < -0.4 is 9.64 Å². The van der Waals surface area contributed by atoms with E-state index in [4.69, 9.17) is 14.7 Å². The summed E-state index contributed by atoms with van der Waals surface area (Å²) in [6.45, 7) is 8.23. The summed E-state index contributed by atoms with van der Waals surface area (Å²) >= 11 is 0. The minimum Gasteiger partial charge on any atom is -0.492 e. The molecule has 2 aromatic carbocycles. The fourth-order valence-electron chi connectivity index (χ4n) is 4.75. The minimum absolute atomic E-state index is 0.190. The Hall–Kier alpha value is -3.47. The third-order valence-electron chi connectivity index (χ3n) is 6.64. The summed E-state index contributed by atoms with van der Waals surface area (Å²) in [5.74, 6) is -2.83. The highest BCUT2D eigenvalue weighted by molar-refractivity contribution is 5.92. The molecule has 1 aliphatic heterocycles. The largest absolute Gasteiger partial charge is 0.492 e. The van der Waals surface area contributed by atoms with Crippen LogP contribution >= 0.6 is 0 Å². The van der Waals surface area contributed by atoms with E-state index in [1.54, 1.807) is 31.3 Å². The van der Waals surface area contributed by atoms with Crippen LogP contribution in [0, 0.1) is 24.2 Å². The van der Waals surface area contributed by atoms with E-state index in [1.807, 2.05) is 45.0 Å². The predicted molar refractivity (Wildman–Crippen MR) is 136 cm³/mol. The molecule has 2 unspecified atom stereocenters. The van der Waals surface area contributed by atoms with Gasteiger partial charge in [0.15, 0.2) is 0 Å². The van der Waals surface area contributed by atoms with Crippen LogP contribution in [0.4, 0.5) is 25.0 Å². The summed E-state index contributed by atoms with van der Waals surface area (Å²) in [6, 6.07) is 14.8. The molecule has 0 bridgehead atoms. The molecular weight excluding hydrogens is 464 g/mol. The van der Waals surface area contributed by atoms with Crippen LogP contribution in [0.5, 0.6) is 5.75 Å². The van der Waals surface area contributed by atoms with E-state index < -0.39 is 23.5 Å². The van der Waals surface area contributed by atoms with E-state index in [9.17, 15) is 13.6 Å². The Morgan fingerprint density at radius 3 is 2.64 bits per heavy atom. The molecular formula is C28H33F2N3O3. The van der Waals surface area contributed by atoms with Gasteiger partial charge in [0.1, 0.15) is 11.4 Å². The van der Waals surface area contributed by atoms with Crippen LogP contribution in [0.15, 0.2) is 47.5 Å². The van der Waals surface area contributed by atoms with E-state index in [0.717, 1.165) is 11.3 Å². The monoisotopic (exact) mass is 497 g/mol. The zero-order chi connectivity index (χ0) is 26.3. The lowest BCUT2D eigenvalue weighted by molar-refractivity contribution is -0.136. The van der Waals surface area contributed by atoms with Crippen LogP contribution in [0.1, 0.15) is 57.6 Å². The van der Waals surface area contributed by atoms with Gasteiger partial charge in [0.05, 0.1) is 36.2 Å². The van der Waals surface area contributed by atoms with E-state index in [0.29, 0.717) is 36.6 Å². The highest BCUT2D eigenvalue weighted by Gasteiger charge is 2.56. The van der Waals surface area contributed by atoms with Crippen molar-refractivity contribution < 1.29 is 23.0 Å². The summed E-state index contributed by atoms with van der Waals surface area (Å²) in [7, 11) is 0. The average molecular weight is 498 g/mol. The van der Waals surface area contributed by atoms with Crippen LogP contribution in [0.2, 0.25) is 0 Å². The van der Waals surface area contributed by atoms with Crippen LogP contribution in [-0.2, 0) is 4.74 Å². The number of alkyl halides is 2. The number of anilines is 1. The van der Waals surface area contributed by atoms with Gasteiger partial charge in [0, 0.05) is 18.6 Å². The van der Waals surface area contributed by atoms with Gasteiger partial charge in [-0.25, -0.2) is 13.6 Å². The van der Waals surface area contributed by atoms with Gasteiger partial charge < -0.3 is 9.47 Å². The van der Waals surface area contributed by atoms with Crippen molar-refractivity contribution in [3.63, 3.8) is 0 Å². The Balaban J connectivity index is 0.000000253. The van der Waals surface area contributed by atoms with Crippen molar-refractivity contribution in [3.8, 4) is 11.8 Å². The number of hydrogen-bond donors (Lipinski definition) is 0. The van der Waals surface area contributed by atoms with Crippen LogP contribution in [-0.4, -0.2) is 37.0 Å². The van der Waals surface area contributed by atoms with Crippen molar-refractivity contribution in [1.82, 2.24) is 0 Å². The third-order valence-corrected chi connectivity index (χ3v) is 6.64. The van der Waals surface area contributed by atoms with Crippen LogP contribution in [0.25, 0.3) is 0 Å². The summed E-state index contributed by atoms with van der Waals surface area (Å²) in [4.78, 5) is 18.1. The normalized spacial score (nSPS) is 22.6. The number of amides is 1. The SMILES string of the molecule is CC=Nc1ccc(C#N)cc1C.CCOc1ccccc1N1CC2(CCC(F)(F)C(CC)C2)OC1=O. The molecule has 36 heavy (non-hydrogen) atoms. The number of halogens is 2. The zero-order valence-corrected chi connectivity index (χ0v) is 21.3. The quantitative estimate of drug-likeness (QED) is 0.409. The molecule has 2 aliphatic rings. The first-order chi connectivity index (χ1) is 17.2. The van der Waals surface area contributed by atoms with Crippen molar-refractivity contribution in [2.45, 2.75) is 64.9 Å². The highest BCUT2D eigenvalue weighted by Crippen LogP contribution is 2.49. The first kappa shape index (κ1) is 27.1. The molecule has 1 heterocycles. The molecule has 0 N–H and O–H groups in total. The Bertz CT molecular complexity index is 1150. The number of nitriles is 1. The third kappa shape index (κ3) is 6.01. The zero-order valence-electron chi connectivity index (χ0n) is 21.3. The maximum absolute atomic E-state index is 14.0. The van der Waals surface area contributed by atoms with Crippen LogP contribution in [0.3, 0.4) is 0 Å². The van der Waals surface area contributed by atoms with Gasteiger partial charge >= 0.3 is 6.09 Å². The minimum atomic E-state index is -2.68. The molecule has 1 spiro atoms. The Morgan fingerprint density at radius 2 is 2.00 bits per heavy atom. The van der Waals surface area contributed by atoms with E-state index in [1.165, 1.54) is 4.90 Å². The van der Waals surface area contributed by atoms with Crippen molar-refractivity contribution in [1.29, 1.82) is 5.26 Å². The number of aliphatic imine (C=N–C) groups is 1. The fraction of sp³-hybridized carbons (Fsp3) is 0.464. The molecule has 6 nitrogen and oxygen atoms in total. The lowest BCUT2D eigenvalue weighted by Gasteiger charge is -2.40. The number of carbonyl (C=O) groups excluding carboxylic acids is 1. The lowest BCUT2D eigenvalue weighted by Crippen LogP contribution is -2.47.